The lowest BCUT2D eigenvalue weighted by Gasteiger charge is -2.14. The minimum atomic E-state index is 0. The first-order valence-electron chi connectivity index (χ1n) is 6.35. The van der Waals surface area contributed by atoms with Crippen molar-refractivity contribution in [1.29, 1.82) is 0 Å². The maximum Gasteiger partial charge on any atom is 0.192 e. The molecule has 2 rings (SSSR count). The van der Waals surface area contributed by atoms with Crippen molar-refractivity contribution in [1.82, 2.24) is 10.6 Å². The minimum absolute atomic E-state index is 0. The Morgan fingerprint density at radius 2 is 1.94 bits per heavy atom. The topological polar surface area (TPSA) is 36.4 Å². The first-order chi connectivity index (χ1) is 8.24. The molecule has 0 aliphatic heterocycles. The lowest BCUT2D eigenvalue weighted by atomic mass is 10.2. The maximum absolute atomic E-state index is 4.61. The van der Waals surface area contributed by atoms with E-state index in [2.05, 4.69) is 53.7 Å². The number of hydrogen-bond donors (Lipinski definition) is 2. The fourth-order valence-electron chi connectivity index (χ4n) is 1.58. The molecule has 1 aromatic rings. The van der Waals surface area contributed by atoms with Gasteiger partial charge in [-0.2, -0.15) is 0 Å². The van der Waals surface area contributed by atoms with Crippen molar-refractivity contribution in [2.45, 2.75) is 45.3 Å². The summed E-state index contributed by atoms with van der Waals surface area (Å²) in [7, 11) is 0. The third-order valence-electron chi connectivity index (χ3n) is 2.61. The number of rotatable bonds is 4. The highest BCUT2D eigenvalue weighted by atomic mass is 127. The summed E-state index contributed by atoms with van der Waals surface area (Å²) >= 11 is 0. The smallest absolute Gasteiger partial charge is 0.192 e. The minimum Gasteiger partial charge on any atom is -0.354 e. The van der Waals surface area contributed by atoms with Gasteiger partial charge in [0.1, 0.15) is 0 Å². The van der Waals surface area contributed by atoms with Crippen LogP contribution >= 0.6 is 24.0 Å². The predicted molar refractivity (Wildman–Crippen MR) is 87.4 cm³/mol. The van der Waals surface area contributed by atoms with Crippen molar-refractivity contribution < 1.29 is 0 Å². The fraction of sp³-hybridized carbons (Fsp3) is 0.500. The average molecular weight is 359 g/mol. The SMILES string of the molecule is CC(C)NC(=NCc1ccccc1)NC1CC1.I. The third-order valence-corrected chi connectivity index (χ3v) is 2.61. The number of aliphatic imine (C=N–C) groups is 1. The van der Waals surface area contributed by atoms with Crippen LogP contribution in [0.2, 0.25) is 0 Å². The molecule has 0 atom stereocenters. The van der Waals surface area contributed by atoms with Gasteiger partial charge in [0.15, 0.2) is 5.96 Å². The van der Waals surface area contributed by atoms with E-state index in [9.17, 15) is 0 Å². The van der Waals surface area contributed by atoms with Gasteiger partial charge in [-0.05, 0) is 32.3 Å². The Balaban J connectivity index is 0.00000162. The van der Waals surface area contributed by atoms with Crippen LogP contribution in [0.25, 0.3) is 0 Å². The van der Waals surface area contributed by atoms with Crippen LogP contribution < -0.4 is 10.6 Å². The molecule has 0 aromatic heterocycles. The average Bonchev–Trinajstić information content (AvgIpc) is 3.10. The van der Waals surface area contributed by atoms with Gasteiger partial charge in [0.25, 0.3) is 0 Å². The lowest BCUT2D eigenvalue weighted by Crippen LogP contribution is -2.42. The monoisotopic (exact) mass is 359 g/mol. The molecule has 1 aromatic carbocycles. The molecule has 1 saturated carbocycles. The van der Waals surface area contributed by atoms with E-state index in [0.717, 1.165) is 12.5 Å². The van der Waals surface area contributed by atoms with Gasteiger partial charge in [0.2, 0.25) is 0 Å². The summed E-state index contributed by atoms with van der Waals surface area (Å²) in [5.74, 6) is 0.936. The van der Waals surface area contributed by atoms with E-state index < -0.39 is 0 Å². The van der Waals surface area contributed by atoms with Crippen LogP contribution in [0.5, 0.6) is 0 Å². The van der Waals surface area contributed by atoms with E-state index in [1.807, 2.05) is 6.07 Å². The fourth-order valence-corrected chi connectivity index (χ4v) is 1.58. The van der Waals surface area contributed by atoms with Gasteiger partial charge >= 0.3 is 0 Å². The Morgan fingerprint density at radius 1 is 1.28 bits per heavy atom. The number of hydrogen-bond acceptors (Lipinski definition) is 1. The van der Waals surface area contributed by atoms with E-state index >= 15 is 0 Å². The van der Waals surface area contributed by atoms with E-state index in [1.54, 1.807) is 0 Å². The summed E-state index contributed by atoms with van der Waals surface area (Å²) in [5.41, 5.74) is 1.24. The second-order valence-electron chi connectivity index (χ2n) is 4.87. The molecule has 4 heteroatoms. The predicted octanol–water partition coefficient (Wildman–Crippen LogP) is 2.91. The maximum atomic E-state index is 4.61. The van der Waals surface area contributed by atoms with Gasteiger partial charge in [-0.1, -0.05) is 30.3 Å². The molecule has 18 heavy (non-hydrogen) atoms. The van der Waals surface area contributed by atoms with Crippen LogP contribution in [0.1, 0.15) is 32.3 Å². The Labute approximate surface area is 126 Å². The Kier molecular flexibility index (Phi) is 6.46. The molecule has 0 heterocycles. The Bertz CT molecular complexity index is 366. The van der Waals surface area contributed by atoms with Crippen molar-refractivity contribution in [3.8, 4) is 0 Å². The number of guanidine groups is 1. The summed E-state index contributed by atoms with van der Waals surface area (Å²) in [6, 6.07) is 11.4. The van der Waals surface area contributed by atoms with Crippen LogP contribution in [-0.2, 0) is 6.54 Å². The number of halogens is 1. The van der Waals surface area contributed by atoms with E-state index in [-0.39, 0.29) is 24.0 Å². The zero-order chi connectivity index (χ0) is 12.1. The Hall–Kier alpha value is -0.780. The summed E-state index contributed by atoms with van der Waals surface area (Å²) < 4.78 is 0. The van der Waals surface area contributed by atoms with E-state index in [1.165, 1.54) is 18.4 Å². The highest BCUT2D eigenvalue weighted by Gasteiger charge is 2.22. The van der Waals surface area contributed by atoms with Crippen molar-refractivity contribution >= 4 is 29.9 Å². The van der Waals surface area contributed by atoms with Crippen molar-refractivity contribution in [2.75, 3.05) is 0 Å². The molecule has 0 unspecified atom stereocenters. The lowest BCUT2D eigenvalue weighted by molar-refractivity contribution is 0.694. The zero-order valence-electron chi connectivity index (χ0n) is 11.0. The van der Waals surface area contributed by atoms with Gasteiger partial charge in [0.05, 0.1) is 6.54 Å². The molecule has 0 radical (unpaired) electrons. The zero-order valence-corrected chi connectivity index (χ0v) is 13.3. The summed E-state index contributed by atoms with van der Waals surface area (Å²) in [4.78, 5) is 4.61. The van der Waals surface area contributed by atoms with Crippen molar-refractivity contribution in [2.24, 2.45) is 4.99 Å². The van der Waals surface area contributed by atoms with Crippen LogP contribution in [0, 0.1) is 0 Å². The van der Waals surface area contributed by atoms with Gasteiger partial charge in [0, 0.05) is 12.1 Å². The van der Waals surface area contributed by atoms with Gasteiger partial charge in [-0.15, -0.1) is 24.0 Å². The highest BCUT2D eigenvalue weighted by Crippen LogP contribution is 2.18. The van der Waals surface area contributed by atoms with Gasteiger partial charge < -0.3 is 10.6 Å². The van der Waals surface area contributed by atoms with E-state index in [4.69, 9.17) is 0 Å². The molecule has 0 bridgehead atoms. The summed E-state index contributed by atoms with van der Waals surface area (Å²) in [6.07, 6.45) is 2.54. The molecule has 3 nitrogen and oxygen atoms in total. The molecule has 1 fully saturated rings. The molecule has 1 aliphatic carbocycles. The molecule has 0 spiro atoms. The van der Waals surface area contributed by atoms with Gasteiger partial charge in [-0.3, -0.25) is 0 Å². The molecule has 100 valence electrons. The molecule has 2 N–H and O–H groups in total. The molecule has 1 aliphatic rings. The number of benzene rings is 1. The standard InChI is InChI=1S/C14H21N3.HI/c1-11(2)16-14(17-13-8-9-13)15-10-12-6-4-3-5-7-12;/h3-7,11,13H,8-10H2,1-2H3,(H2,15,16,17);1H. The second kappa shape index (κ2) is 7.61. The van der Waals surface area contributed by atoms with Crippen LogP contribution in [0.3, 0.4) is 0 Å². The molecule has 0 amide bonds. The van der Waals surface area contributed by atoms with Crippen LogP contribution in [0.15, 0.2) is 35.3 Å². The first kappa shape index (κ1) is 15.3. The summed E-state index contributed by atoms with van der Waals surface area (Å²) in [5, 5.41) is 6.79. The normalized spacial score (nSPS) is 15.2. The van der Waals surface area contributed by atoms with Crippen molar-refractivity contribution in [3.63, 3.8) is 0 Å². The summed E-state index contributed by atoms with van der Waals surface area (Å²) in [6.45, 7) is 4.99. The molecule has 0 saturated heterocycles. The molecular formula is C14H22IN3. The van der Waals surface area contributed by atoms with Gasteiger partial charge in [-0.25, -0.2) is 4.99 Å². The second-order valence-corrected chi connectivity index (χ2v) is 4.87. The molecular weight excluding hydrogens is 337 g/mol. The third kappa shape index (κ3) is 5.71. The number of nitrogens with zero attached hydrogens (tertiary/aromatic N) is 1. The van der Waals surface area contributed by atoms with E-state index in [0.29, 0.717) is 12.1 Å². The van der Waals surface area contributed by atoms with Crippen LogP contribution in [-0.4, -0.2) is 18.0 Å². The van der Waals surface area contributed by atoms with Crippen molar-refractivity contribution in [3.05, 3.63) is 35.9 Å². The highest BCUT2D eigenvalue weighted by molar-refractivity contribution is 14.0. The first-order valence-corrected chi connectivity index (χ1v) is 6.35. The Morgan fingerprint density at radius 3 is 2.50 bits per heavy atom. The van der Waals surface area contributed by atoms with Crippen LogP contribution in [0.4, 0.5) is 0 Å². The largest absolute Gasteiger partial charge is 0.354 e. The quantitative estimate of drug-likeness (QED) is 0.493. The number of nitrogens with one attached hydrogen (secondary N) is 2.